The molecule has 15 heavy (non-hydrogen) atoms. The fraction of sp³-hybridized carbons (Fsp3) is 0.250. The molecule has 1 aromatic heterocycles. The maximum Gasteiger partial charge on any atom is 0.301 e. The number of nitriles is 1. The first-order chi connectivity index (χ1) is 7.13. The van der Waals surface area contributed by atoms with Gasteiger partial charge in [-0.15, -0.1) is 0 Å². The second-order valence-corrected chi connectivity index (χ2v) is 4.74. The van der Waals surface area contributed by atoms with Crippen LogP contribution in [0.4, 0.5) is 13.2 Å². The monoisotopic (exact) mass is 250 g/mol. The highest BCUT2D eigenvalue weighted by Gasteiger charge is 2.06. The molecule has 0 aliphatic rings. The summed E-state index contributed by atoms with van der Waals surface area (Å²) in [6.45, 7) is 0. The van der Waals surface area contributed by atoms with Crippen LogP contribution in [0.1, 0.15) is 11.3 Å². The largest absolute Gasteiger partial charge is 0.301 e. The summed E-state index contributed by atoms with van der Waals surface area (Å²) in [5.74, 6) is -1.21. The summed E-state index contributed by atoms with van der Waals surface area (Å²) in [6, 6.07) is 1.90. The summed E-state index contributed by atoms with van der Waals surface area (Å²) in [6.07, 6.45) is -1.20. The SMILES string of the molecule is N#Cc1cnc(SCCC(F)=C(F)F)s1. The Morgan fingerprint density at radius 1 is 1.53 bits per heavy atom. The van der Waals surface area contributed by atoms with Crippen LogP contribution in [-0.4, -0.2) is 10.7 Å². The van der Waals surface area contributed by atoms with E-state index in [4.69, 9.17) is 5.26 Å². The molecule has 0 bridgehead atoms. The van der Waals surface area contributed by atoms with Crippen molar-refractivity contribution in [3.8, 4) is 6.07 Å². The van der Waals surface area contributed by atoms with Crippen molar-refractivity contribution in [3.05, 3.63) is 23.0 Å². The zero-order valence-corrected chi connectivity index (χ0v) is 8.97. The predicted molar refractivity (Wildman–Crippen MR) is 52.5 cm³/mol. The summed E-state index contributed by atoms with van der Waals surface area (Å²) in [4.78, 5) is 4.31. The summed E-state index contributed by atoms with van der Waals surface area (Å²) >= 11 is 2.31. The van der Waals surface area contributed by atoms with Crippen molar-refractivity contribution in [3.63, 3.8) is 0 Å². The number of allylic oxidation sites excluding steroid dienone is 1. The van der Waals surface area contributed by atoms with E-state index in [-0.39, 0.29) is 12.2 Å². The number of hydrogen-bond donors (Lipinski definition) is 0. The number of thiazole rings is 1. The third kappa shape index (κ3) is 3.93. The second kappa shape index (κ2) is 5.78. The Kier molecular flexibility index (Phi) is 4.65. The smallest absolute Gasteiger partial charge is 0.237 e. The van der Waals surface area contributed by atoms with Gasteiger partial charge in [0.25, 0.3) is 0 Å². The average Bonchev–Trinajstić information content (AvgIpc) is 2.65. The van der Waals surface area contributed by atoms with Crippen LogP contribution >= 0.6 is 23.1 Å². The number of nitrogens with zero attached hydrogens (tertiary/aromatic N) is 2. The van der Waals surface area contributed by atoms with E-state index in [9.17, 15) is 13.2 Å². The van der Waals surface area contributed by atoms with Gasteiger partial charge in [0.15, 0.2) is 10.2 Å². The lowest BCUT2D eigenvalue weighted by Crippen LogP contribution is -1.81. The van der Waals surface area contributed by atoms with Gasteiger partial charge >= 0.3 is 6.08 Å². The number of thioether (sulfide) groups is 1. The summed E-state index contributed by atoms with van der Waals surface area (Å²) in [7, 11) is 0. The molecule has 0 amide bonds. The maximum atomic E-state index is 12.3. The average molecular weight is 250 g/mol. The van der Waals surface area contributed by atoms with Gasteiger partial charge < -0.3 is 0 Å². The highest BCUT2D eigenvalue weighted by molar-refractivity contribution is 8.01. The fourth-order valence-corrected chi connectivity index (χ4v) is 2.48. The van der Waals surface area contributed by atoms with Crippen LogP contribution in [0.2, 0.25) is 0 Å². The predicted octanol–water partition coefficient (Wildman–Crippen LogP) is 3.57. The molecule has 0 saturated heterocycles. The normalized spacial score (nSPS) is 9.73. The molecule has 0 spiro atoms. The van der Waals surface area contributed by atoms with E-state index >= 15 is 0 Å². The minimum absolute atomic E-state index is 0.182. The van der Waals surface area contributed by atoms with E-state index in [1.54, 1.807) is 0 Å². The Morgan fingerprint density at radius 3 is 2.80 bits per heavy atom. The van der Waals surface area contributed by atoms with E-state index in [1.807, 2.05) is 6.07 Å². The fourth-order valence-electron chi connectivity index (χ4n) is 0.699. The Bertz CT molecular complexity index is 404. The zero-order chi connectivity index (χ0) is 11.3. The molecular weight excluding hydrogens is 245 g/mol. The van der Waals surface area contributed by atoms with Gasteiger partial charge in [-0.05, 0) is 0 Å². The Balaban J connectivity index is 2.39. The molecule has 0 unspecified atom stereocenters. The lowest BCUT2D eigenvalue weighted by molar-refractivity contribution is 0.373. The van der Waals surface area contributed by atoms with Crippen LogP contribution in [-0.2, 0) is 0 Å². The third-order valence-corrected chi connectivity index (χ3v) is 3.41. The quantitative estimate of drug-likeness (QED) is 0.766. The summed E-state index contributed by atoms with van der Waals surface area (Å²) < 4.78 is 36.2. The lowest BCUT2D eigenvalue weighted by Gasteiger charge is -1.94. The minimum Gasteiger partial charge on any atom is -0.237 e. The van der Waals surface area contributed by atoms with E-state index in [0.29, 0.717) is 9.22 Å². The van der Waals surface area contributed by atoms with Crippen LogP contribution in [0.15, 0.2) is 22.4 Å². The van der Waals surface area contributed by atoms with E-state index in [0.717, 1.165) is 23.1 Å². The second-order valence-electron chi connectivity index (χ2n) is 2.37. The van der Waals surface area contributed by atoms with Gasteiger partial charge in [-0.3, -0.25) is 0 Å². The Hall–Kier alpha value is -1.00. The highest BCUT2D eigenvalue weighted by atomic mass is 32.2. The van der Waals surface area contributed by atoms with Crippen molar-refractivity contribution in [2.24, 2.45) is 0 Å². The topological polar surface area (TPSA) is 36.7 Å². The first-order valence-electron chi connectivity index (χ1n) is 3.82. The minimum atomic E-state index is -2.27. The van der Waals surface area contributed by atoms with Crippen molar-refractivity contribution in [1.29, 1.82) is 5.26 Å². The summed E-state index contributed by atoms with van der Waals surface area (Å²) in [5, 5.41) is 8.48. The molecule has 7 heteroatoms. The van der Waals surface area contributed by atoms with E-state index in [1.165, 1.54) is 6.20 Å². The van der Waals surface area contributed by atoms with E-state index < -0.39 is 11.9 Å². The summed E-state index contributed by atoms with van der Waals surface area (Å²) in [5.41, 5.74) is 0. The molecule has 0 saturated carbocycles. The molecule has 0 aliphatic carbocycles. The molecule has 2 nitrogen and oxygen atoms in total. The first kappa shape index (κ1) is 12.1. The van der Waals surface area contributed by atoms with E-state index in [2.05, 4.69) is 4.98 Å². The van der Waals surface area contributed by atoms with Gasteiger partial charge in [0, 0.05) is 12.2 Å². The molecular formula is C8H5F3N2S2. The molecule has 0 fully saturated rings. The van der Waals surface area contributed by atoms with Crippen LogP contribution < -0.4 is 0 Å². The maximum absolute atomic E-state index is 12.3. The lowest BCUT2D eigenvalue weighted by atomic mass is 10.4. The molecule has 0 radical (unpaired) electrons. The van der Waals surface area contributed by atoms with Gasteiger partial charge in [0.05, 0.1) is 6.20 Å². The Labute approximate surface area is 92.4 Å². The molecule has 0 N–H and O–H groups in total. The number of hydrogen-bond acceptors (Lipinski definition) is 4. The van der Waals surface area contributed by atoms with Crippen molar-refractivity contribution in [2.75, 3.05) is 5.75 Å². The van der Waals surface area contributed by atoms with Gasteiger partial charge in [-0.1, -0.05) is 23.1 Å². The van der Waals surface area contributed by atoms with Gasteiger partial charge in [-0.25, -0.2) is 9.37 Å². The van der Waals surface area contributed by atoms with Crippen molar-refractivity contribution in [2.45, 2.75) is 10.8 Å². The highest BCUT2D eigenvalue weighted by Crippen LogP contribution is 2.26. The van der Waals surface area contributed by atoms with Gasteiger partial charge in [0.2, 0.25) is 0 Å². The Morgan fingerprint density at radius 2 is 2.27 bits per heavy atom. The molecule has 1 heterocycles. The number of halogens is 3. The van der Waals surface area contributed by atoms with Crippen molar-refractivity contribution in [1.82, 2.24) is 4.98 Å². The molecule has 80 valence electrons. The zero-order valence-electron chi connectivity index (χ0n) is 7.34. The van der Waals surface area contributed by atoms with Crippen LogP contribution in [0, 0.1) is 11.3 Å². The molecule has 0 atom stereocenters. The third-order valence-electron chi connectivity index (χ3n) is 1.35. The van der Waals surface area contributed by atoms with Crippen LogP contribution in [0.3, 0.4) is 0 Å². The van der Waals surface area contributed by atoms with Crippen molar-refractivity contribution < 1.29 is 13.2 Å². The van der Waals surface area contributed by atoms with Crippen LogP contribution in [0.25, 0.3) is 0 Å². The number of aromatic nitrogens is 1. The van der Waals surface area contributed by atoms with Gasteiger partial charge in [-0.2, -0.15) is 14.0 Å². The standard InChI is InChI=1S/C8H5F3N2S2/c9-6(7(10)11)1-2-14-8-13-4-5(3-12)15-8/h4H,1-2H2. The van der Waals surface area contributed by atoms with Crippen LogP contribution in [0.5, 0.6) is 0 Å². The first-order valence-corrected chi connectivity index (χ1v) is 5.62. The van der Waals surface area contributed by atoms with Crippen molar-refractivity contribution >= 4 is 23.1 Å². The molecule has 1 aromatic rings. The molecule has 1 rings (SSSR count). The van der Waals surface area contributed by atoms with Gasteiger partial charge in [0.1, 0.15) is 10.9 Å². The molecule has 0 aromatic carbocycles. The number of rotatable bonds is 4. The molecule has 0 aliphatic heterocycles.